The zero-order chi connectivity index (χ0) is 12.2. The van der Waals surface area contributed by atoms with Crippen LogP contribution in [0.2, 0.25) is 0 Å². The lowest BCUT2D eigenvalue weighted by molar-refractivity contribution is 0.229. The zero-order valence-corrected chi connectivity index (χ0v) is 10.9. The molecule has 1 fully saturated rings. The van der Waals surface area contributed by atoms with E-state index in [1.165, 1.54) is 19.5 Å². The van der Waals surface area contributed by atoms with Crippen LogP contribution in [-0.4, -0.2) is 37.0 Å². The van der Waals surface area contributed by atoms with Gasteiger partial charge < -0.3 is 16.4 Å². The van der Waals surface area contributed by atoms with Crippen molar-refractivity contribution in [2.75, 3.05) is 26.2 Å². The fourth-order valence-electron chi connectivity index (χ4n) is 2.25. The van der Waals surface area contributed by atoms with Crippen molar-refractivity contribution < 1.29 is 0 Å². The van der Waals surface area contributed by atoms with E-state index in [1.54, 1.807) is 0 Å². The summed E-state index contributed by atoms with van der Waals surface area (Å²) in [5.74, 6) is 1.03. The van der Waals surface area contributed by atoms with E-state index in [4.69, 9.17) is 11.5 Å². The fourth-order valence-corrected chi connectivity index (χ4v) is 2.25. The average molecular weight is 226 g/mol. The van der Waals surface area contributed by atoms with Crippen molar-refractivity contribution in [3.05, 3.63) is 0 Å². The molecule has 1 saturated heterocycles. The van der Waals surface area contributed by atoms with Crippen molar-refractivity contribution in [3.8, 4) is 0 Å². The van der Waals surface area contributed by atoms with Crippen LogP contribution in [0.15, 0.2) is 4.99 Å². The minimum atomic E-state index is 0.203. The van der Waals surface area contributed by atoms with Gasteiger partial charge in [0.2, 0.25) is 0 Å². The standard InChI is InChI=1S/C12H26N4/c1-12(2,3)10-5-8-16(9-10)7-4-6-15-11(13)14/h10H,4-9H2,1-3H3,(H4,13,14,15). The number of hydrogen-bond donors (Lipinski definition) is 2. The third kappa shape index (κ3) is 4.39. The van der Waals surface area contributed by atoms with E-state index in [1.807, 2.05) is 0 Å². The Kier molecular flexibility index (Phi) is 4.59. The fraction of sp³-hybridized carbons (Fsp3) is 0.917. The zero-order valence-electron chi connectivity index (χ0n) is 10.9. The first-order chi connectivity index (χ1) is 7.39. The molecule has 16 heavy (non-hydrogen) atoms. The minimum absolute atomic E-state index is 0.203. The largest absolute Gasteiger partial charge is 0.370 e. The highest BCUT2D eigenvalue weighted by Crippen LogP contribution is 2.33. The van der Waals surface area contributed by atoms with Gasteiger partial charge in [-0.3, -0.25) is 4.99 Å². The molecule has 0 aromatic heterocycles. The Morgan fingerprint density at radius 1 is 1.38 bits per heavy atom. The summed E-state index contributed by atoms with van der Waals surface area (Å²) >= 11 is 0. The molecule has 0 aromatic rings. The van der Waals surface area contributed by atoms with Crippen molar-refractivity contribution in [1.82, 2.24) is 4.90 Å². The van der Waals surface area contributed by atoms with Gasteiger partial charge in [0, 0.05) is 13.1 Å². The molecule has 4 nitrogen and oxygen atoms in total. The molecule has 0 bridgehead atoms. The van der Waals surface area contributed by atoms with Crippen molar-refractivity contribution >= 4 is 5.96 Å². The quantitative estimate of drug-likeness (QED) is 0.427. The van der Waals surface area contributed by atoms with Gasteiger partial charge in [0.05, 0.1) is 0 Å². The number of guanidine groups is 1. The molecule has 4 N–H and O–H groups in total. The van der Waals surface area contributed by atoms with E-state index in [2.05, 4.69) is 30.7 Å². The normalized spacial score (nSPS) is 22.3. The molecule has 1 aliphatic heterocycles. The van der Waals surface area contributed by atoms with Gasteiger partial charge in [-0.05, 0) is 37.3 Å². The van der Waals surface area contributed by atoms with Gasteiger partial charge >= 0.3 is 0 Å². The smallest absolute Gasteiger partial charge is 0.185 e. The first-order valence-corrected chi connectivity index (χ1v) is 6.17. The first-order valence-electron chi connectivity index (χ1n) is 6.17. The van der Waals surface area contributed by atoms with E-state index < -0.39 is 0 Å². The van der Waals surface area contributed by atoms with E-state index >= 15 is 0 Å². The maximum Gasteiger partial charge on any atom is 0.185 e. The van der Waals surface area contributed by atoms with Crippen LogP contribution < -0.4 is 11.5 Å². The van der Waals surface area contributed by atoms with Crippen LogP contribution >= 0.6 is 0 Å². The van der Waals surface area contributed by atoms with E-state index in [-0.39, 0.29) is 5.96 Å². The number of rotatable bonds is 4. The molecular formula is C12H26N4. The van der Waals surface area contributed by atoms with Crippen LogP contribution in [0, 0.1) is 11.3 Å². The van der Waals surface area contributed by atoms with Gasteiger partial charge in [-0.15, -0.1) is 0 Å². The molecule has 0 aliphatic carbocycles. The van der Waals surface area contributed by atoms with Crippen LogP contribution in [0.1, 0.15) is 33.6 Å². The van der Waals surface area contributed by atoms with Crippen molar-refractivity contribution in [2.24, 2.45) is 27.8 Å². The summed E-state index contributed by atoms with van der Waals surface area (Å²) in [6, 6.07) is 0. The highest BCUT2D eigenvalue weighted by molar-refractivity contribution is 5.75. The third-order valence-corrected chi connectivity index (χ3v) is 3.42. The predicted molar refractivity (Wildman–Crippen MR) is 69.3 cm³/mol. The highest BCUT2D eigenvalue weighted by Gasteiger charge is 2.31. The second-order valence-electron chi connectivity index (χ2n) is 5.81. The number of nitrogens with zero attached hydrogens (tertiary/aromatic N) is 2. The van der Waals surface area contributed by atoms with Crippen molar-refractivity contribution in [1.29, 1.82) is 0 Å². The maximum atomic E-state index is 5.28. The molecule has 1 atom stereocenters. The number of hydrogen-bond acceptors (Lipinski definition) is 2. The number of aliphatic imine (C=N–C) groups is 1. The Hall–Kier alpha value is -0.770. The molecule has 0 radical (unpaired) electrons. The first kappa shape index (κ1) is 13.3. The van der Waals surface area contributed by atoms with Gasteiger partial charge in [-0.25, -0.2) is 0 Å². The Labute approximate surface area is 99.1 Å². The summed E-state index contributed by atoms with van der Waals surface area (Å²) in [5.41, 5.74) is 11.0. The van der Waals surface area contributed by atoms with Crippen LogP contribution in [0.5, 0.6) is 0 Å². The summed E-state index contributed by atoms with van der Waals surface area (Å²) in [7, 11) is 0. The van der Waals surface area contributed by atoms with Crippen molar-refractivity contribution in [3.63, 3.8) is 0 Å². The third-order valence-electron chi connectivity index (χ3n) is 3.42. The van der Waals surface area contributed by atoms with E-state index in [0.717, 1.165) is 25.4 Å². The Bertz CT molecular complexity index is 238. The molecule has 1 unspecified atom stereocenters. The van der Waals surface area contributed by atoms with Crippen LogP contribution in [0.3, 0.4) is 0 Å². The van der Waals surface area contributed by atoms with Crippen LogP contribution in [0.4, 0.5) is 0 Å². The van der Waals surface area contributed by atoms with Crippen LogP contribution in [-0.2, 0) is 0 Å². The molecule has 1 aliphatic rings. The minimum Gasteiger partial charge on any atom is -0.370 e. The Morgan fingerprint density at radius 3 is 2.56 bits per heavy atom. The summed E-state index contributed by atoms with van der Waals surface area (Å²) < 4.78 is 0. The molecule has 1 rings (SSSR count). The summed E-state index contributed by atoms with van der Waals surface area (Å²) in [6.45, 7) is 11.3. The van der Waals surface area contributed by atoms with Crippen molar-refractivity contribution in [2.45, 2.75) is 33.6 Å². The monoisotopic (exact) mass is 226 g/mol. The lowest BCUT2D eigenvalue weighted by Gasteiger charge is -2.27. The van der Waals surface area contributed by atoms with E-state index in [0.29, 0.717) is 5.41 Å². The molecule has 0 spiro atoms. The molecule has 1 heterocycles. The molecular weight excluding hydrogens is 200 g/mol. The summed E-state index contributed by atoms with van der Waals surface area (Å²) in [6.07, 6.45) is 2.38. The second kappa shape index (κ2) is 5.53. The maximum absolute atomic E-state index is 5.28. The second-order valence-corrected chi connectivity index (χ2v) is 5.81. The predicted octanol–water partition coefficient (Wildman–Crippen LogP) is 1.02. The van der Waals surface area contributed by atoms with Gasteiger partial charge in [0.25, 0.3) is 0 Å². The molecule has 4 heteroatoms. The summed E-state index contributed by atoms with van der Waals surface area (Å²) in [4.78, 5) is 6.52. The molecule has 0 saturated carbocycles. The van der Waals surface area contributed by atoms with Gasteiger partial charge in [0.15, 0.2) is 5.96 Å². The van der Waals surface area contributed by atoms with Gasteiger partial charge in [0.1, 0.15) is 0 Å². The Balaban J connectivity index is 2.20. The molecule has 0 amide bonds. The van der Waals surface area contributed by atoms with E-state index in [9.17, 15) is 0 Å². The van der Waals surface area contributed by atoms with Gasteiger partial charge in [-0.1, -0.05) is 20.8 Å². The molecule has 0 aromatic carbocycles. The van der Waals surface area contributed by atoms with Gasteiger partial charge in [-0.2, -0.15) is 0 Å². The average Bonchev–Trinajstić information content (AvgIpc) is 2.59. The number of likely N-dealkylation sites (tertiary alicyclic amines) is 1. The molecule has 94 valence electrons. The summed E-state index contributed by atoms with van der Waals surface area (Å²) in [5, 5.41) is 0. The topological polar surface area (TPSA) is 67.6 Å². The number of nitrogens with two attached hydrogens (primary N) is 2. The lowest BCUT2D eigenvalue weighted by atomic mass is 9.80. The van der Waals surface area contributed by atoms with Crippen LogP contribution in [0.25, 0.3) is 0 Å². The lowest BCUT2D eigenvalue weighted by Crippen LogP contribution is -2.27. The SMILES string of the molecule is CC(C)(C)C1CCN(CCCN=C(N)N)C1. The highest BCUT2D eigenvalue weighted by atomic mass is 15.1. The Morgan fingerprint density at radius 2 is 2.06 bits per heavy atom.